The third-order valence-corrected chi connectivity index (χ3v) is 5.84. The molecule has 0 spiro atoms. The highest BCUT2D eigenvalue weighted by Crippen LogP contribution is 2.26. The fourth-order valence-electron chi connectivity index (χ4n) is 4.26. The van der Waals surface area contributed by atoms with Gasteiger partial charge in [0.1, 0.15) is 31.6 Å². The molecule has 154 valence electrons. The lowest BCUT2D eigenvalue weighted by Crippen LogP contribution is -2.35. The summed E-state index contributed by atoms with van der Waals surface area (Å²) in [5.41, 5.74) is 5.20. The summed E-state index contributed by atoms with van der Waals surface area (Å²) in [4.78, 5) is 21.0. The Morgan fingerprint density at radius 3 is 2.80 bits per heavy atom. The summed E-state index contributed by atoms with van der Waals surface area (Å²) in [6.45, 7) is 4.76. The van der Waals surface area contributed by atoms with Crippen molar-refractivity contribution in [3.8, 4) is 5.75 Å². The first-order valence-electron chi connectivity index (χ1n) is 10.4. The van der Waals surface area contributed by atoms with Crippen LogP contribution in [0.15, 0.2) is 55.1 Å². The van der Waals surface area contributed by atoms with E-state index in [1.165, 1.54) is 23.0 Å². The molecular weight excluding hydrogens is 378 g/mol. The summed E-state index contributed by atoms with van der Waals surface area (Å²) < 4.78 is 7.47. The fraction of sp³-hybridized carbons (Fsp3) is 0.348. The Morgan fingerprint density at radius 2 is 1.93 bits per heavy atom. The zero-order valence-electron chi connectivity index (χ0n) is 16.9. The molecule has 1 aromatic heterocycles. The number of benzene rings is 2. The zero-order valence-corrected chi connectivity index (χ0v) is 16.9. The van der Waals surface area contributed by atoms with Crippen molar-refractivity contribution in [1.82, 2.24) is 24.6 Å². The first-order chi connectivity index (χ1) is 14.7. The van der Waals surface area contributed by atoms with Gasteiger partial charge in [-0.05, 0) is 35.2 Å². The second kappa shape index (κ2) is 8.28. The smallest absolute Gasteiger partial charge is 0.244 e. The molecule has 2 aromatic carbocycles. The number of aromatic nitrogens is 3. The van der Waals surface area contributed by atoms with Crippen LogP contribution in [0.1, 0.15) is 22.3 Å². The zero-order chi connectivity index (χ0) is 20.3. The van der Waals surface area contributed by atoms with Crippen LogP contribution in [0.4, 0.5) is 0 Å². The minimum Gasteiger partial charge on any atom is -0.491 e. The molecule has 7 heteroatoms. The fourth-order valence-corrected chi connectivity index (χ4v) is 4.26. The van der Waals surface area contributed by atoms with Gasteiger partial charge in [0.15, 0.2) is 0 Å². The van der Waals surface area contributed by atoms with Crippen molar-refractivity contribution in [3.05, 3.63) is 77.4 Å². The van der Waals surface area contributed by atoms with Crippen molar-refractivity contribution in [1.29, 1.82) is 0 Å². The number of hydrogen-bond acceptors (Lipinski definition) is 5. The largest absolute Gasteiger partial charge is 0.491 e. The van der Waals surface area contributed by atoms with Gasteiger partial charge in [-0.2, -0.15) is 5.10 Å². The molecule has 3 heterocycles. The molecule has 0 unspecified atom stereocenters. The molecule has 0 saturated heterocycles. The normalized spacial score (nSPS) is 16.3. The number of ether oxygens (including phenoxy) is 1. The molecule has 2 aliphatic rings. The van der Waals surface area contributed by atoms with Crippen LogP contribution in [-0.2, 0) is 37.4 Å². The van der Waals surface area contributed by atoms with Crippen LogP contribution in [0.3, 0.4) is 0 Å². The molecule has 0 aliphatic carbocycles. The van der Waals surface area contributed by atoms with Crippen LogP contribution >= 0.6 is 0 Å². The van der Waals surface area contributed by atoms with Gasteiger partial charge in [-0.1, -0.05) is 30.3 Å². The summed E-state index contributed by atoms with van der Waals surface area (Å²) in [5, 5.41) is 4.04. The molecule has 0 saturated carbocycles. The molecule has 3 aromatic rings. The predicted octanol–water partition coefficient (Wildman–Crippen LogP) is 2.26. The third kappa shape index (κ3) is 4.07. The maximum absolute atomic E-state index is 12.7. The van der Waals surface area contributed by atoms with Gasteiger partial charge < -0.3 is 9.64 Å². The van der Waals surface area contributed by atoms with E-state index in [0.717, 1.165) is 37.4 Å². The molecule has 0 fully saturated rings. The summed E-state index contributed by atoms with van der Waals surface area (Å²) in [6.07, 6.45) is 4.10. The molecule has 30 heavy (non-hydrogen) atoms. The number of carbonyl (C=O) groups excluding carboxylic acids is 1. The maximum atomic E-state index is 12.7. The Bertz CT molecular complexity index is 1030. The molecule has 0 atom stereocenters. The number of hydrogen-bond donors (Lipinski definition) is 0. The van der Waals surface area contributed by atoms with E-state index < -0.39 is 0 Å². The summed E-state index contributed by atoms with van der Waals surface area (Å²) in [6, 6.07) is 15.1. The van der Waals surface area contributed by atoms with E-state index in [1.54, 1.807) is 11.0 Å². The molecule has 7 nitrogen and oxygen atoms in total. The van der Waals surface area contributed by atoms with E-state index in [1.807, 2.05) is 11.0 Å². The molecule has 1 amide bonds. The van der Waals surface area contributed by atoms with Gasteiger partial charge in [0.05, 0.1) is 6.54 Å². The first-order valence-corrected chi connectivity index (χ1v) is 10.4. The SMILES string of the molecule is O=C(Cn1cncn1)N1CCOc2ccc(CN3CCc4ccccc4C3)cc2C1. The van der Waals surface area contributed by atoms with Gasteiger partial charge in [-0.3, -0.25) is 9.69 Å². The Labute approximate surface area is 175 Å². The highest BCUT2D eigenvalue weighted by molar-refractivity contribution is 5.76. The molecular formula is C23H25N5O2. The molecule has 0 bridgehead atoms. The van der Waals surface area contributed by atoms with E-state index in [4.69, 9.17) is 4.74 Å². The summed E-state index contributed by atoms with van der Waals surface area (Å²) in [5.74, 6) is 0.897. The number of rotatable bonds is 4. The van der Waals surface area contributed by atoms with Gasteiger partial charge in [0.2, 0.25) is 5.91 Å². The van der Waals surface area contributed by atoms with Crippen LogP contribution in [0.2, 0.25) is 0 Å². The van der Waals surface area contributed by atoms with E-state index >= 15 is 0 Å². The highest BCUT2D eigenvalue weighted by atomic mass is 16.5. The van der Waals surface area contributed by atoms with Gasteiger partial charge in [0.25, 0.3) is 0 Å². The Hall–Kier alpha value is -3.19. The van der Waals surface area contributed by atoms with Crippen molar-refractivity contribution < 1.29 is 9.53 Å². The number of nitrogens with zero attached hydrogens (tertiary/aromatic N) is 5. The van der Waals surface area contributed by atoms with Crippen LogP contribution < -0.4 is 4.74 Å². The number of carbonyl (C=O) groups is 1. The van der Waals surface area contributed by atoms with E-state index in [9.17, 15) is 4.79 Å². The van der Waals surface area contributed by atoms with Crippen molar-refractivity contribution >= 4 is 5.91 Å². The number of amides is 1. The van der Waals surface area contributed by atoms with Gasteiger partial charge >= 0.3 is 0 Å². The molecule has 5 rings (SSSR count). The summed E-state index contributed by atoms with van der Waals surface area (Å²) in [7, 11) is 0. The third-order valence-electron chi connectivity index (χ3n) is 5.84. The average molecular weight is 403 g/mol. The van der Waals surface area contributed by atoms with Crippen molar-refractivity contribution in [2.45, 2.75) is 32.6 Å². The van der Waals surface area contributed by atoms with Crippen LogP contribution in [-0.4, -0.2) is 50.2 Å². The molecule has 2 aliphatic heterocycles. The Kier molecular flexibility index (Phi) is 5.19. The summed E-state index contributed by atoms with van der Waals surface area (Å²) >= 11 is 0. The van der Waals surface area contributed by atoms with Crippen molar-refractivity contribution in [2.24, 2.45) is 0 Å². The minimum absolute atomic E-state index is 0.0231. The van der Waals surface area contributed by atoms with Crippen LogP contribution in [0, 0.1) is 0 Å². The number of fused-ring (bicyclic) bond motifs is 2. The lowest BCUT2D eigenvalue weighted by molar-refractivity contribution is -0.132. The lowest BCUT2D eigenvalue weighted by Gasteiger charge is -2.29. The maximum Gasteiger partial charge on any atom is 0.244 e. The van der Waals surface area contributed by atoms with Crippen LogP contribution in [0.25, 0.3) is 0 Å². The van der Waals surface area contributed by atoms with Gasteiger partial charge in [-0.15, -0.1) is 0 Å². The second-order valence-electron chi connectivity index (χ2n) is 7.93. The van der Waals surface area contributed by atoms with Crippen molar-refractivity contribution in [2.75, 3.05) is 19.7 Å². The standard InChI is InChI=1S/C23H25N5O2/c29-23(15-28-17-24-16-25-28)27-9-10-30-22-6-5-18(11-21(22)14-27)12-26-8-7-19-3-1-2-4-20(19)13-26/h1-6,11,16-17H,7-10,12-15H2. The Morgan fingerprint density at radius 1 is 1.03 bits per heavy atom. The molecule has 0 radical (unpaired) electrons. The van der Waals surface area contributed by atoms with E-state index in [0.29, 0.717) is 19.7 Å². The average Bonchev–Trinajstić information content (AvgIpc) is 3.18. The molecule has 0 N–H and O–H groups in total. The predicted molar refractivity (Wildman–Crippen MR) is 112 cm³/mol. The van der Waals surface area contributed by atoms with Gasteiger partial charge in [0, 0.05) is 31.7 Å². The van der Waals surface area contributed by atoms with Crippen molar-refractivity contribution in [3.63, 3.8) is 0 Å². The highest BCUT2D eigenvalue weighted by Gasteiger charge is 2.21. The second-order valence-corrected chi connectivity index (χ2v) is 7.93. The topological polar surface area (TPSA) is 63.5 Å². The monoisotopic (exact) mass is 403 g/mol. The van der Waals surface area contributed by atoms with Crippen LogP contribution in [0.5, 0.6) is 5.75 Å². The minimum atomic E-state index is 0.0231. The Balaban J connectivity index is 1.28. The van der Waals surface area contributed by atoms with Gasteiger partial charge in [-0.25, -0.2) is 9.67 Å². The quantitative estimate of drug-likeness (QED) is 0.669. The lowest BCUT2D eigenvalue weighted by atomic mass is 9.99. The van der Waals surface area contributed by atoms with E-state index in [2.05, 4.69) is 51.4 Å². The van der Waals surface area contributed by atoms with E-state index in [-0.39, 0.29) is 12.5 Å². The first kappa shape index (κ1) is 18.8.